The number of rotatable bonds is 3. The molecule has 3 nitrogen and oxygen atoms in total. The van der Waals surface area contributed by atoms with E-state index >= 15 is 0 Å². The molecule has 0 unspecified atom stereocenters. The highest BCUT2D eigenvalue weighted by Gasteiger charge is 2.29. The van der Waals surface area contributed by atoms with Crippen molar-refractivity contribution in [1.82, 2.24) is 4.98 Å². The molecule has 1 aromatic heterocycles. The summed E-state index contributed by atoms with van der Waals surface area (Å²) < 4.78 is 0. The minimum absolute atomic E-state index is 0.972. The lowest BCUT2D eigenvalue weighted by atomic mass is 10.1. The summed E-state index contributed by atoms with van der Waals surface area (Å²) >= 11 is 0. The lowest BCUT2D eigenvalue weighted by Gasteiger charge is -2.34. The van der Waals surface area contributed by atoms with Gasteiger partial charge in [0.2, 0.25) is 0 Å². The highest BCUT2D eigenvalue weighted by atomic mass is 15.3. The van der Waals surface area contributed by atoms with Crippen LogP contribution < -0.4 is 9.80 Å². The van der Waals surface area contributed by atoms with Crippen molar-refractivity contribution in [1.29, 1.82) is 0 Å². The molecule has 110 valence electrons. The van der Waals surface area contributed by atoms with Crippen molar-refractivity contribution < 1.29 is 9.80 Å². The van der Waals surface area contributed by atoms with Crippen molar-refractivity contribution in [2.75, 3.05) is 26.2 Å². The van der Waals surface area contributed by atoms with Crippen LogP contribution in [0.4, 0.5) is 0 Å². The lowest BCUT2D eigenvalue weighted by Crippen LogP contribution is -3.29. The van der Waals surface area contributed by atoms with E-state index in [1.165, 1.54) is 76.8 Å². The van der Waals surface area contributed by atoms with Crippen LogP contribution in [-0.2, 0) is 6.54 Å². The van der Waals surface area contributed by atoms with Gasteiger partial charge in [-0.15, -0.1) is 0 Å². The molecule has 0 aromatic carbocycles. The van der Waals surface area contributed by atoms with E-state index in [1.54, 1.807) is 4.90 Å². The van der Waals surface area contributed by atoms with Crippen LogP contribution in [0.15, 0.2) is 24.5 Å². The first-order valence-electron chi connectivity index (χ1n) is 8.49. The zero-order chi connectivity index (χ0) is 13.6. The minimum Gasteiger partial charge on any atom is -0.323 e. The molecule has 20 heavy (non-hydrogen) atoms. The van der Waals surface area contributed by atoms with E-state index in [0.29, 0.717) is 0 Å². The Labute approximate surface area is 123 Å². The molecule has 2 fully saturated rings. The third-order valence-electron chi connectivity index (χ3n) is 5.24. The Bertz CT molecular complexity index is 376. The van der Waals surface area contributed by atoms with Crippen molar-refractivity contribution in [2.45, 2.75) is 51.1 Å². The molecule has 0 amide bonds. The number of nitrogens with zero attached hydrogens (tertiary/aromatic N) is 1. The molecular formula is C17H29N3+2. The van der Waals surface area contributed by atoms with Gasteiger partial charge >= 0.3 is 0 Å². The first-order valence-corrected chi connectivity index (χ1v) is 8.49. The predicted octanol–water partition coefficient (Wildman–Crippen LogP) is 0.0878. The quantitative estimate of drug-likeness (QED) is 0.750. The second-order valence-electron chi connectivity index (χ2n) is 6.63. The fourth-order valence-electron chi connectivity index (χ4n) is 3.99. The lowest BCUT2D eigenvalue weighted by molar-refractivity contribution is -1.03. The maximum absolute atomic E-state index is 4.11. The van der Waals surface area contributed by atoms with E-state index in [2.05, 4.69) is 17.1 Å². The van der Waals surface area contributed by atoms with Crippen molar-refractivity contribution in [2.24, 2.45) is 0 Å². The number of piperazine rings is 1. The maximum atomic E-state index is 4.11. The summed E-state index contributed by atoms with van der Waals surface area (Å²) in [6, 6.07) is 5.30. The average Bonchev–Trinajstić information content (AvgIpc) is 2.78. The van der Waals surface area contributed by atoms with Crippen molar-refractivity contribution in [3.05, 3.63) is 30.1 Å². The van der Waals surface area contributed by atoms with E-state index in [4.69, 9.17) is 0 Å². The number of hydrogen-bond acceptors (Lipinski definition) is 1. The Balaban J connectivity index is 1.46. The second kappa shape index (κ2) is 7.19. The van der Waals surface area contributed by atoms with Crippen LogP contribution in [0.25, 0.3) is 0 Å². The Kier molecular flexibility index (Phi) is 5.04. The highest BCUT2D eigenvalue weighted by Crippen LogP contribution is 2.15. The first kappa shape index (κ1) is 14.0. The van der Waals surface area contributed by atoms with Crippen LogP contribution in [0.5, 0.6) is 0 Å². The van der Waals surface area contributed by atoms with Gasteiger partial charge in [-0.1, -0.05) is 12.8 Å². The SMILES string of the molecule is c1cc(C[NH+]2CC[NH+](C3CCCCCC3)CC2)ccn1. The van der Waals surface area contributed by atoms with Gasteiger partial charge in [-0.3, -0.25) is 4.98 Å². The number of hydrogen-bond donors (Lipinski definition) is 2. The van der Waals surface area contributed by atoms with Crippen LogP contribution in [0.2, 0.25) is 0 Å². The molecule has 0 spiro atoms. The molecule has 2 N–H and O–H groups in total. The molecule has 1 aliphatic heterocycles. The predicted molar refractivity (Wildman–Crippen MR) is 80.8 cm³/mol. The molecule has 2 aliphatic rings. The number of aromatic nitrogens is 1. The van der Waals surface area contributed by atoms with Crippen molar-refractivity contribution >= 4 is 0 Å². The second-order valence-corrected chi connectivity index (χ2v) is 6.63. The third-order valence-corrected chi connectivity index (χ3v) is 5.24. The van der Waals surface area contributed by atoms with Gasteiger partial charge in [0.1, 0.15) is 32.7 Å². The van der Waals surface area contributed by atoms with Gasteiger partial charge in [0.15, 0.2) is 0 Å². The molecule has 2 heterocycles. The summed E-state index contributed by atoms with van der Waals surface area (Å²) in [4.78, 5) is 7.77. The highest BCUT2D eigenvalue weighted by molar-refractivity contribution is 5.07. The zero-order valence-corrected chi connectivity index (χ0v) is 12.6. The molecule has 3 heteroatoms. The molecule has 1 saturated carbocycles. The summed E-state index contributed by atoms with van der Waals surface area (Å²) in [5.41, 5.74) is 1.44. The van der Waals surface area contributed by atoms with Gasteiger partial charge in [-0.25, -0.2) is 0 Å². The van der Waals surface area contributed by atoms with Crippen LogP contribution in [0.3, 0.4) is 0 Å². The Morgan fingerprint density at radius 1 is 0.900 bits per heavy atom. The van der Waals surface area contributed by atoms with Gasteiger partial charge in [-0.05, 0) is 37.8 Å². The fourth-order valence-corrected chi connectivity index (χ4v) is 3.99. The van der Waals surface area contributed by atoms with E-state index < -0.39 is 0 Å². The molecule has 0 atom stereocenters. The van der Waals surface area contributed by atoms with E-state index in [9.17, 15) is 0 Å². The Morgan fingerprint density at radius 2 is 1.55 bits per heavy atom. The van der Waals surface area contributed by atoms with Crippen LogP contribution >= 0.6 is 0 Å². The maximum Gasteiger partial charge on any atom is 0.127 e. The van der Waals surface area contributed by atoms with Crippen molar-refractivity contribution in [3.8, 4) is 0 Å². The third kappa shape index (κ3) is 3.80. The number of nitrogens with one attached hydrogen (secondary N) is 2. The van der Waals surface area contributed by atoms with Gasteiger partial charge in [0, 0.05) is 18.0 Å². The summed E-state index contributed by atoms with van der Waals surface area (Å²) in [6.45, 7) is 6.62. The molecule has 1 saturated heterocycles. The van der Waals surface area contributed by atoms with Gasteiger partial charge in [0.25, 0.3) is 0 Å². The van der Waals surface area contributed by atoms with Crippen molar-refractivity contribution in [3.63, 3.8) is 0 Å². The Morgan fingerprint density at radius 3 is 2.20 bits per heavy atom. The van der Waals surface area contributed by atoms with Crippen LogP contribution in [0.1, 0.15) is 44.1 Å². The van der Waals surface area contributed by atoms with Gasteiger partial charge in [0.05, 0.1) is 6.04 Å². The minimum atomic E-state index is 0.972. The first-order chi connectivity index (χ1) is 9.92. The fraction of sp³-hybridized carbons (Fsp3) is 0.706. The molecule has 1 aromatic rings. The van der Waals surface area contributed by atoms with Crippen LogP contribution in [0, 0.1) is 0 Å². The summed E-state index contributed by atoms with van der Waals surface area (Å²) in [5, 5.41) is 0. The summed E-state index contributed by atoms with van der Waals surface area (Å²) in [6.07, 6.45) is 12.7. The largest absolute Gasteiger partial charge is 0.323 e. The zero-order valence-electron chi connectivity index (χ0n) is 12.6. The normalized spacial score (nSPS) is 29.0. The average molecular weight is 275 g/mol. The van der Waals surface area contributed by atoms with Gasteiger partial charge < -0.3 is 9.80 Å². The van der Waals surface area contributed by atoms with Gasteiger partial charge in [-0.2, -0.15) is 0 Å². The topological polar surface area (TPSA) is 21.8 Å². The van der Waals surface area contributed by atoms with Crippen LogP contribution in [-0.4, -0.2) is 37.2 Å². The molecular weight excluding hydrogens is 246 g/mol. The monoisotopic (exact) mass is 275 g/mol. The number of pyridine rings is 1. The summed E-state index contributed by atoms with van der Waals surface area (Å²) in [5.74, 6) is 0. The van der Waals surface area contributed by atoms with E-state index in [0.717, 1.165) is 6.04 Å². The Hall–Kier alpha value is -0.930. The molecule has 3 rings (SSSR count). The smallest absolute Gasteiger partial charge is 0.127 e. The van der Waals surface area contributed by atoms with E-state index in [-0.39, 0.29) is 0 Å². The molecule has 0 bridgehead atoms. The summed E-state index contributed by atoms with van der Waals surface area (Å²) in [7, 11) is 0. The molecule has 1 aliphatic carbocycles. The molecule has 0 radical (unpaired) electrons. The van der Waals surface area contributed by atoms with E-state index in [1.807, 2.05) is 17.3 Å². The number of quaternary nitrogens is 2. The standard InChI is InChI=1S/C17H27N3/c1-2-4-6-17(5-3-1)20-13-11-19(12-14-20)15-16-7-9-18-10-8-16/h7-10,17H,1-6,11-15H2/p+2.